The Kier molecular flexibility index (Phi) is 2.81. The van der Waals surface area contributed by atoms with Crippen molar-refractivity contribution >= 4 is 13.3 Å². The summed E-state index contributed by atoms with van der Waals surface area (Å²) >= 11 is 0. The number of benzene rings is 1. The fourth-order valence-electron chi connectivity index (χ4n) is 1.48. The number of hydrogen-bond donors (Lipinski definition) is 1. The molecule has 0 amide bonds. The average Bonchev–Trinajstić information content (AvgIpc) is 2.02. The zero-order valence-corrected chi connectivity index (χ0v) is 9.89. The number of aryl methyl sites for hydroxylation is 1. The van der Waals surface area contributed by atoms with Gasteiger partial charge in [-0.05, 0) is 17.2 Å². The molecule has 0 saturated heterocycles. The van der Waals surface area contributed by atoms with Gasteiger partial charge >= 0.3 is 0 Å². The second-order valence-electron chi connectivity index (χ2n) is 4.42. The molecular formula is C11H18OSi. The quantitative estimate of drug-likeness (QED) is 0.717. The lowest BCUT2D eigenvalue weighted by Gasteiger charge is -2.19. The van der Waals surface area contributed by atoms with Gasteiger partial charge in [0.15, 0.2) is 0 Å². The first-order valence-electron chi connectivity index (χ1n) is 4.78. The van der Waals surface area contributed by atoms with Crippen molar-refractivity contribution in [1.29, 1.82) is 0 Å². The minimum atomic E-state index is -1.38. The average molecular weight is 194 g/mol. The summed E-state index contributed by atoms with van der Waals surface area (Å²) in [6, 6.07) is 6.10. The van der Waals surface area contributed by atoms with Crippen LogP contribution in [-0.4, -0.2) is 13.2 Å². The van der Waals surface area contributed by atoms with Crippen molar-refractivity contribution in [1.82, 2.24) is 0 Å². The molecule has 0 aliphatic carbocycles. The predicted octanol–water partition coefficient (Wildman–Crippen LogP) is 2.50. The lowest BCUT2D eigenvalue weighted by atomic mass is 10.1. The Morgan fingerprint density at radius 3 is 2.31 bits per heavy atom. The Hall–Kier alpha value is -0.763. The maximum absolute atomic E-state index is 9.96. The number of aromatic hydroxyl groups is 1. The molecule has 72 valence electrons. The van der Waals surface area contributed by atoms with E-state index in [1.165, 1.54) is 5.19 Å². The van der Waals surface area contributed by atoms with Gasteiger partial charge in [0.25, 0.3) is 0 Å². The van der Waals surface area contributed by atoms with Crippen LogP contribution in [0.1, 0.15) is 12.5 Å². The first kappa shape index (κ1) is 10.3. The number of phenols is 1. The van der Waals surface area contributed by atoms with Crippen LogP contribution in [0.4, 0.5) is 0 Å². The standard InChI is InChI=1S/C11H18OSi/c1-5-9-7-6-8-10(11(9)12)13(2,3)4/h6-8,12H,5H2,1-4H3. The summed E-state index contributed by atoms with van der Waals surface area (Å²) in [6.07, 6.45) is 0.907. The molecule has 1 aromatic carbocycles. The molecule has 2 heteroatoms. The van der Waals surface area contributed by atoms with Gasteiger partial charge < -0.3 is 5.11 Å². The van der Waals surface area contributed by atoms with Gasteiger partial charge in [-0.15, -0.1) is 0 Å². The second-order valence-corrected chi connectivity index (χ2v) is 9.46. The number of para-hydroxylation sites is 1. The van der Waals surface area contributed by atoms with Gasteiger partial charge in [-0.2, -0.15) is 0 Å². The monoisotopic (exact) mass is 194 g/mol. The van der Waals surface area contributed by atoms with Crippen LogP contribution in [-0.2, 0) is 6.42 Å². The number of hydrogen-bond acceptors (Lipinski definition) is 1. The van der Waals surface area contributed by atoms with Crippen LogP contribution in [0.15, 0.2) is 18.2 Å². The van der Waals surface area contributed by atoms with Crippen LogP contribution in [0.2, 0.25) is 19.6 Å². The molecule has 0 aliphatic rings. The molecule has 0 atom stereocenters. The third kappa shape index (κ3) is 2.13. The van der Waals surface area contributed by atoms with Gasteiger partial charge in [0, 0.05) is 0 Å². The molecule has 0 spiro atoms. The van der Waals surface area contributed by atoms with Gasteiger partial charge in [-0.1, -0.05) is 44.8 Å². The van der Waals surface area contributed by atoms with E-state index >= 15 is 0 Å². The van der Waals surface area contributed by atoms with Crippen molar-refractivity contribution in [2.45, 2.75) is 33.0 Å². The van der Waals surface area contributed by atoms with Crippen molar-refractivity contribution in [3.63, 3.8) is 0 Å². The topological polar surface area (TPSA) is 20.2 Å². The third-order valence-corrected chi connectivity index (χ3v) is 4.33. The van der Waals surface area contributed by atoms with E-state index in [1.807, 2.05) is 12.1 Å². The summed E-state index contributed by atoms with van der Waals surface area (Å²) in [4.78, 5) is 0. The van der Waals surface area contributed by atoms with Crippen LogP contribution in [0.3, 0.4) is 0 Å². The Morgan fingerprint density at radius 1 is 1.23 bits per heavy atom. The SMILES string of the molecule is CCc1cccc([Si](C)(C)C)c1O. The third-order valence-electron chi connectivity index (χ3n) is 2.31. The highest BCUT2D eigenvalue weighted by Crippen LogP contribution is 2.18. The maximum Gasteiger partial charge on any atom is 0.117 e. The van der Waals surface area contributed by atoms with Crippen molar-refractivity contribution in [2.75, 3.05) is 0 Å². The van der Waals surface area contributed by atoms with Gasteiger partial charge in [-0.3, -0.25) is 0 Å². The van der Waals surface area contributed by atoms with Crippen LogP contribution in [0.5, 0.6) is 5.75 Å². The molecule has 0 radical (unpaired) electrons. The minimum Gasteiger partial charge on any atom is -0.508 e. The van der Waals surface area contributed by atoms with E-state index in [9.17, 15) is 5.11 Å². The van der Waals surface area contributed by atoms with Crippen LogP contribution >= 0.6 is 0 Å². The number of phenolic OH excluding ortho intramolecular Hbond substituents is 1. The second kappa shape index (κ2) is 3.54. The summed E-state index contributed by atoms with van der Waals surface area (Å²) in [5.74, 6) is 0.532. The van der Waals surface area contributed by atoms with E-state index in [0.29, 0.717) is 5.75 Å². The van der Waals surface area contributed by atoms with Gasteiger partial charge in [0.2, 0.25) is 0 Å². The zero-order valence-electron chi connectivity index (χ0n) is 8.89. The number of rotatable bonds is 2. The summed E-state index contributed by atoms with van der Waals surface area (Å²) in [7, 11) is -1.38. The molecule has 0 heterocycles. The minimum absolute atomic E-state index is 0.532. The molecule has 0 aromatic heterocycles. The first-order valence-corrected chi connectivity index (χ1v) is 8.28. The van der Waals surface area contributed by atoms with E-state index in [2.05, 4.69) is 32.6 Å². The molecular weight excluding hydrogens is 176 g/mol. The molecule has 13 heavy (non-hydrogen) atoms. The lowest BCUT2D eigenvalue weighted by molar-refractivity contribution is 0.473. The van der Waals surface area contributed by atoms with E-state index in [0.717, 1.165) is 12.0 Å². The molecule has 1 N–H and O–H groups in total. The molecule has 0 fully saturated rings. The summed E-state index contributed by atoms with van der Waals surface area (Å²) < 4.78 is 0. The highest BCUT2D eigenvalue weighted by Gasteiger charge is 2.20. The molecule has 1 nitrogen and oxygen atoms in total. The van der Waals surface area contributed by atoms with Crippen LogP contribution in [0, 0.1) is 0 Å². The fraction of sp³-hybridized carbons (Fsp3) is 0.455. The van der Waals surface area contributed by atoms with Crippen molar-refractivity contribution in [2.24, 2.45) is 0 Å². The Bertz CT molecular complexity index is 299. The molecule has 0 unspecified atom stereocenters. The van der Waals surface area contributed by atoms with Crippen molar-refractivity contribution < 1.29 is 5.11 Å². The highest BCUT2D eigenvalue weighted by molar-refractivity contribution is 6.89. The van der Waals surface area contributed by atoms with E-state index in [1.54, 1.807) is 0 Å². The van der Waals surface area contributed by atoms with Crippen molar-refractivity contribution in [3.05, 3.63) is 23.8 Å². The Morgan fingerprint density at radius 2 is 1.85 bits per heavy atom. The molecule has 1 rings (SSSR count). The van der Waals surface area contributed by atoms with Crippen LogP contribution < -0.4 is 5.19 Å². The van der Waals surface area contributed by atoms with E-state index < -0.39 is 8.07 Å². The lowest BCUT2D eigenvalue weighted by Crippen LogP contribution is -2.37. The first-order chi connectivity index (χ1) is 5.96. The Balaban J connectivity index is 3.24. The maximum atomic E-state index is 9.96. The Labute approximate surface area is 81.4 Å². The summed E-state index contributed by atoms with van der Waals surface area (Å²) in [6.45, 7) is 8.83. The summed E-state index contributed by atoms with van der Waals surface area (Å²) in [5, 5.41) is 11.1. The van der Waals surface area contributed by atoms with Gasteiger partial charge in [0.1, 0.15) is 5.75 Å². The summed E-state index contributed by atoms with van der Waals surface area (Å²) in [5.41, 5.74) is 1.07. The largest absolute Gasteiger partial charge is 0.508 e. The predicted molar refractivity (Wildman–Crippen MR) is 60.5 cm³/mol. The molecule has 1 aromatic rings. The highest BCUT2D eigenvalue weighted by atomic mass is 28.3. The van der Waals surface area contributed by atoms with Crippen LogP contribution in [0.25, 0.3) is 0 Å². The fourth-order valence-corrected chi connectivity index (χ4v) is 2.95. The van der Waals surface area contributed by atoms with Gasteiger partial charge in [-0.25, -0.2) is 0 Å². The normalized spacial score (nSPS) is 11.7. The molecule has 0 saturated carbocycles. The van der Waals surface area contributed by atoms with E-state index in [4.69, 9.17) is 0 Å². The molecule has 0 bridgehead atoms. The van der Waals surface area contributed by atoms with Crippen molar-refractivity contribution in [3.8, 4) is 5.75 Å². The zero-order chi connectivity index (χ0) is 10.1. The van der Waals surface area contributed by atoms with Gasteiger partial charge in [0.05, 0.1) is 8.07 Å². The smallest absolute Gasteiger partial charge is 0.117 e. The molecule has 0 aliphatic heterocycles. The van der Waals surface area contributed by atoms with E-state index in [-0.39, 0.29) is 0 Å².